The van der Waals surface area contributed by atoms with Gasteiger partial charge in [-0.3, -0.25) is 14.6 Å². The Labute approximate surface area is 151 Å². The van der Waals surface area contributed by atoms with Crippen LogP contribution in [0.4, 0.5) is 5.69 Å². The first-order valence-corrected chi connectivity index (χ1v) is 8.14. The molecule has 130 valence electrons. The van der Waals surface area contributed by atoms with Crippen LogP contribution < -0.4 is 5.32 Å². The van der Waals surface area contributed by atoms with Gasteiger partial charge in [0.05, 0.1) is 16.8 Å². The smallest absolute Gasteiger partial charge is 0.255 e. The summed E-state index contributed by atoms with van der Waals surface area (Å²) < 4.78 is 0. The van der Waals surface area contributed by atoms with E-state index in [-0.39, 0.29) is 23.0 Å². The third-order valence-electron chi connectivity index (χ3n) is 4.04. The first-order valence-electron chi connectivity index (χ1n) is 8.14. The van der Waals surface area contributed by atoms with Gasteiger partial charge in [0.15, 0.2) is 5.78 Å². The number of allylic oxidation sites excluding steroid dienone is 2. The quantitative estimate of drug-likeness (QED) is 0.543. The molecule has 0 radical (unpaired) electrons. The average molecular weight is 346 g/mol. The van der Waals surface area contributed by atoms with E-state index in [1.54, 1.807) is 48.7 Å². The van der Waals surface area contributed by atoms with Crippen LogP contribution in [0, 0.1) is 0 Å². The minimum Gasteiger partial charge on any atom is -0.512 e. The van der Waals surface area contributed by atoms with Crippen molar-refractivity contribution >= 4 is 33.9 Å². The van der Waals surface area contributed by atoms with E-state index in [9.17, 15) is 14.7 Å². The second-order valence-corrected chi connectivity index (χ2v) is 5.90. The van der Waals surface area contributed by atoms with E-state index in [0.29, 0.717) is 27.7 Å². The third kappa shape index (κ3) is 3.32. The topological polar surface area (TPSA) is 79.3 Å². The Morgan fingerprint density at radius 1 is 0.962 bits per heavy atom. The predicted molar refractivity (Wildman–Crippen MR) is 102 cm³/mol. The molecule has 0 bridgehead atoms. The molecule has 0 fully saturated rings. The van der Waals surface area contributed by atoms with Crippen LogP contribution in [0.3, 0.4) is 0 Å². The monoisotopic (exact) mass is 346 g/mol. The molecule has 0 aliphatic rings. The Bertz CT molecular complexity index is 1020. The number of Topliss-reactive ketones (excluding diaryl/α,β-unsaturated/α-hetero) is 1. The zero-order valence-electron chi connectivity index (χ0n) is 14.5. The molecule has 1 amide bonds. The standard InChI is InChI=1S/C21H18N2O3/c1-13(24)19(14(2)25)16-10-11-18(20-17(16)9-6-12-22-20)23-21(26)15-7-4-3-5-8-15/h3-12,24H,1-2H3,(H,23,26)/b19-13+. The molecule has 0 saturated heterocycles. The van der Waals surface area contributed by atoms with Crippen LogP contribution in [0.2, 0.25) is 0 Å². The fourth-order valence-corrected chi connectivity index (χ4v) is 2.91. The van der Waals surface area contributed by atoms with Crippen LogP contribution in [-0.4, -0.2) is 21.8 Å². The van der Waals surface area contributed by atoms with Gasteiger partial charge in [0.2, 0.25) is 0 Å². The lowest BCUT2D eigenvalue weighted by molar-refractivity contribution is -0.111. The molecule has 0 unspecified atom stereocenters. The molecule has 2 aromatic carbocycles. The lowest BCUT2D eigenvalue weighted by Crippen LogP contribution is -2.12. The minimum atomic E-state index is -0.244. The molecule has 26 heavy (non-hydrogen) atoms. The van der Waals surface area contributed by atoms with Crippen LogP contribution in [0.15, 0.2) is 66.6 Å². The van der Waals surface area contributed by atoms with E-state index in [1.807, 2.05) is 12.1 Å². The number of aromatic nitrogens is 1. The first kappa shape index (κ1) is 17.4. The predicted octanol–water partition coefficient (Wildman–Crippen LogP) is 4.37. The van der Waals surface area contributed by atoms with Gasteiger partial charge in [0, 0.05) is 17.1 Å². The van der Waals surface area contributed by atoms with E-state index in [0.717, 1.165) is 0 Å². The van der Waals surface area contributed by atoms with E-state index < -0.39 is 0 Å². The molecular weight excluding hydrogens is 328 g/mol. The Kier molecular flexibility index (Phi) is 4.80. The molecule has 0 spiro atoms. The maximum Gasteiger partial charge on any atom is 0.255 e. The Morgan fingerprint density at radius 2 is 1.69 bits per heavy atom. The molecule has 1 heterocycles. The second-order valence-electron chi connectivity index (χ2n) is 5.90. The van der Waals surface area contributed by atoms with Gasteiger partial charge in [-0.25, -0.2) is 0 Å². The van der Waals surface area contributed by atoms with Crippen molar-refractivity contribution in [3.8, 4) is 0 Å². The number of nitrogens with zero attached hydrogens (tertiary/aromatic N) is 1. The highest BCUT2D eigenvalue weighted by Crippen LogP contribution is 2.31. The summed E-state index contributed by atoms with van der Waals surface area (Å²) in [4.78, 5) is 28.8. The number of fused-ring (bicyclic) bond motifs is 1. The van der Waals surface area contributed by atoms with E-state index in [4.69, 9.17) is 0 Å². The van der Waals surface area contributed by atoms with Gasteiger partial charge in [-0.05, 0) is 43.7 Å². The molecule has 5 nitrogen and oxygen atoms in total. The largest absolute Gasteiger partial charge is 0.512 e. The normalized spacial score (nSPS) is 11.8. The van der Waals surface area contributed by atoms with Crippen molar-refractivity contribution in [2.75, 3.05) is 5.32 Å². The zero-order chi connectivity index (χ0) is 18.7. The molecule has 0 aliphatic carbocycles. The van der Waals surface area contributed by atoms with Gasteiger partial charge in [0.25, 0.3) is 5.91 Å². The molecular formula is C21H18N2O3. The Balaban J connectivity index is 2.10. The van der Waals surface area contributed by atoms with E-state index in [1.165, 1.54) is 13.8 Å². The van der Waals surface area contributed by atoms with Crippen molar-refractivity contribution < 1.29 is 14.7 Å². The summed E-state index contributed by atoms with van der Waals surface area (Å²) in [7, 11) is 0. The number of carbonyl (C=O) groups excluding carboxylic acids is 2. The number of hydrogen-bond donors (Lipinski definition) is 2. The van der Waals surface area contributed by atoms with Gasteiger partial charge < -0.3 is 10.4 Å². The van der Waals surface area contributed by atoms with Gasteiger partial charge in [-0.15, -0.1) is 0 Å². The lowest BCUT2D eigenvalue weighted by atomic mass is 9.96. The van der Waals surface area contributed by atoms with Crippen molar-refractivity contribution in [1.29, 1.82) is 0 Å². The number of anilines is 1. The summed E-state index contributed by atoms with van der Waals surface area (Å²) in [6.45, 7) is 2.88. The number of rotatable bonds is 4. The summed E-state index contributed by atoms with van der Waals surface area (Å²) in [6, 6.07) is 15.8. The van der Waals surface area contributed by atoms with E-state index in [2.05, 4.69) is 10.3 Å². The number of hydrogen-bond acceptors (Lipinski definition) is 4. The molecule has 3 rings (SSSR count). The first-order chi connectivity index (χ1) is 12.5. The molecule has 1 aromatic heterocycles. The van der Waals surface area contributed by atoms with Gasteiger partial charge in [-0.2, -0.15) is 0 Å². The lowest BCUT2D eigenvalue weighted by Gasteiger charge is -2.13. The molecule has 2 N–H and O–H groups in total. The summed E-state index contributed by atoms with van der Waals surface area (Å²) in [5.74, 6) is -0.536. The highest BCUT2D eigenvalue weighted by Gasteiger charge is 2.17. The second kappa shape index (κ2) is 7.19. The highest BCUT2D eigenvalue weighted by molar-refractivity contribution is 6.24. The van der Waals surface area contributed by atoms with Crippen molar-refractivity contribution in [2.24, 2.45) is 0 Å². The van der Waals surface area contributed by atoms with Gasteiger partial charge in [-0.1, -0.05) is 30.3 Å². The summed E-state index contributed by atoms with van der Waals surface area (Å²) >= 11 is 0. The van der Waals surface area contributed by atoms with Crippen LogP contribution in [0.25, 0.3) is 16.5 Å². The van der Waals surface area contributed by atoms with Crippen LogP contribution in [0.1, 0.15) is 29.8 Å². The summed E-state index contributed by atoms with van der Waals surface area (Å²) in [6.07, 6.45) is 1.62. The Morgan fingerprint density at radius 3 is 2.35 bits per heavy atom. The maximum atomic E-state index is 12.5. The highest BCUT2D eigenvalue weighted by atomic mass is 16.3. The molecule has 0 aliphatic heterocycles. The maximum absolute atomic E-state index is 12.5. The van der Waals surface area contributed by atoms with Crippen molar-refractivity contribution in [2.45, 2.75) is 13.8 Å². The fourth-order valence-electron chi connectivity index (χ4n) is 2.91. The van der Waals surface area contributed by atoms with Crippen LogP contribution in [-0.2, 0) is 4.79 Å². The summed E-state index contributed by atoms with van der Waals surface area (Å²) in [5.41, 5.74) is 2.45. The minimum absolute atomic E-state index is 0.0521. The van der Waals surface area contributed by atoms with Gasteiger partial charge in [0.1, 0.15) is 5.76 Å². The molecule has 0 atom stereocenters. The fraction of sp³-hybridized carbons (Fsp3) is 0.0952. The Hall–Kier alpha value is -3.47. The van der Waals surface area contributed by atoms with Crippen molar-refractivity contribution in [3.05, 3.63) is 77.7 Å². The molecule has 0 saturated carbocycles. The molecule has 5 heteroatoms. The van der Waals surface area contributed by atoms with Gasteiger partial charge >= 0.3 is 0 Å². The van der Waals surface area contributed by atoms with Crippen molar-refractivity contribution in [3.63, 3.8) is 0 Å². The average Bonchev–Trinajstić information content (AvgIpc) is 2.63. The van der Waals surface area contributed by atoms with Crippen molar-refractivity contribution in [1.82, 2.24) is 4.98 Å². The number of nitrogens with one attached hydrogen (secondary N) is 1. The van der Waals surface area contributed by atoms with E-state index >= 15 is 0 Å². The van der Waals surface area contributed by atoms with Crippen LogP contribution in [0.5, 0.6) is 0 Å². The number of amides is 1. The summed E-state index contributed by atoms with van der Waals surface area (Å²) in [5, 5.41) is 13.5. The SMILES string of the molecule is CC(=O)/C(=C(/C)O)c1ccc(NC(=O)c2ccccc2)c2ncccc12. The number of benzene rings is 2. The number of carbonyl (C=O) groups is 2. The zero-order valence-corrected chi connectivity index (χ0v) is 14.5. The number of aliphatic hydroxyl groups excluding tert-OH is 1. The number of aliphatic hydroxyl groups is 1. The third-order valence-corrected chi connectivity index (χ3v) is 4.04. The molecule has 3 aromatic rings. The number of ketones is 1. The number of pyridine rings is 1. The van der Waals surface area contributed by atoms with Crippen LogP contribution >= 0.6 is 0 Å².